The van der Waals surface area contributed by atoms with Crippen molar-refractivity contribution in [3.8, 4) is 0 Å². The maximum atomic E-state index is 13.3. The molecule has 0 saturated heterocycles. The molecule has 15 heavy (non-hydrogen) atoms. The summed E-state index contributed by atoms with van der Waals surface area (Å²) in [4.78, 5) is 4.54. The third-order valence-corrected chi connectivity index (χ3v) is 3.05. The topological polar surface area (TPSA) is 55.4 Å². The van der Waals surface area contributed by atoms with Gasteiger partial charge in [-0.25, -0.2) is 12.8 Å². The van der Waals surface area contributed by atoms with Crippen LogP contribution >= 0.6 is 0 Å². The first kappa shape index (κ1) is 12.1. The van der Waals surface area contributed by atoms with Crippen LogP contribution in [0.3, 0.4) is 0 Å². The lowest BCUT2D eigenvalue weighted by Crippen LogP contribution is -2.15. The summed E-state index contributed by atoms with van der Waals surface area (Å²) in [7, 11) is -2.05. The highest BCUT2D eigenvalue weighted by Gasteiger charge is 2.16. The monoisotopic (exact) mass is 233 g/mol. The number of benzene rings is 1. The lowest BCUT2D eigenvalue weighted by molar-refractivity contribution is 0.0853. The van der Waals surface area contributed by atoms with Crippen LogP contribution in [0.25, 0.3) is 0 Å². The molecule has 0 aliphatic carbocycles. The second-order valence-corrected chi connectivity index (χ2v) is 5.00. The molecule has 0 heterocycles. The molecule has 1 aromatic rings. The summed E-state index contributed by atoms with van der Waals surface area (Å²) in [6, 6.07) is 3.94. The van der Waals surface area contributed by atoms with E-state index in [2.05, 4.69) is 10.3 Å². The Morgan fingerprint density at radius 2 is 2.13 bits per heavy atom. The maximum absolute atomic E-state index is 13.3. The minimum Gasteiger partial charge on any atom is -0.305 e. The highest BCUT2D eigenvalue weighted by atomic mass is 32.2. The Bertz CT molecular complexity index is 445. The van der Waals surface area contributed by atoms with E-state index < -0.39 is 15.7 Å². The first-order valence-corrected chi connectivity index (χ1v) is 6.09. The smallest absolute Gasteiger partial charge is 0.175 e. The van der Waals surface area contributed by atoms with Gasteiger partial charge in [-0.1, -0.05) is 6.07 Å². The number of sulfone groups is 1. The molecule has 0 fully saturated rings. The first-order chi connectivity index (χ1) is 6.96. The van der Waals surface area contributed by atoms with Gasteiger partial charge in [-0.2, -0.15) is 5.48 Å². The van der Waals surface area contributed by atoms with Crippen LogP contribution in [0.5, 0.6) is 0 Å². The zero-order valence-corrected chi connectivity index (χ0v) is 9.27. The largest absolute Gasteiger partial charge is 0.305 e. The fraction of sp³-hybridized carbons (Fsp3) is 0.333. The van der Waals surface area contributed by atoms with Crippen LogP contribution in [0.1, 0.15) is 5.56 Å². The van der Waals surface area contributed by atoms with Gasteiger partial charge < -0.3 is 4.84 Å². The molecule has 1 N–H and O–H groups in total. The number of hydrogen-bond acceptors (Lipinski definition) is 4. The first-order valence-electron chi connectivity index (χ1n) is 4.20. The predicted molar refractivity (Wildman–Crippen MR) is 53.4 cm³/mol. The van der Waals surface area contributed by atoms with Gasteiger partial charge in [0.15, 0.2) is 9.84 Å². The van der Waals surface area contributed by atoms with E-state index in [1.54, 1.807) is 0 Å². The summed E-state index contributed by atoms with van der Waals surface area (Å²) < 4.78 is 36.0. The molecule has 84 valence electrons. The fourth-order valence-corrected chi connectivity index (χ4v) is 2.15. The highest BCUT2D eigenvalue weighted by Crippen LogP contribution is 2.18. The summed E-state index contributed by atoms with van der Waals surface area (Å²) in [6.45, 7) is 0.00553. The van der Waals surface area contributed by atoms with Gasteiger partial charge in [0.2, 0.25) is 0 Å². The van der Waals surface area contributed by atoms with E-state index in [1.807, 2.05) is 0 Å². The van der Waals surface area contributed by atoms with Crippen molar-refractivity contribution in [3.05, 3.63) is 29.6 Å². The summed E-state index contributed by atoms with van der Waals surface area (Å²) in [5.74, 6) is -0.567. The Morgan fingerprint density at radius 3 is 2.67 bits per heavy atom. The predicted octanol–water partition coefficient (Wildman–Crippen LogP) is 0.880. The number of hydroxylamine groups is 1. The second kappa shape index (κ2) is 4.69. The van der Waals surface area contributed by atoms with Crippen molar-refractivity contribution in [1.29, 1.82) is 0 Å². The fourth-order valence-electron chi connectivity index (χ4n) is 1.20. The van der Waals surface area contributed by atoms with Gasteiger partial charge >= 0.3 is 0 Å². The molecule has 0 aliphatic rings. The average Bonchev–Trinajstić information content (AvgIpc) is 2.14. The molecule has 0 aliphatic heterocycles. The van der Waals surface area contributed by atoms with Crippen LogP contribution in [0.4, 0.5) is 4.39 Å². The molecule has 0 spiro atoms. The average molecular weight is 233 g/mol. The quantitative estimate of drug-likeness (QED) is 0.784. The van der Waals surface area contributed by atoms with Crippen LogP contribution in [0.2, 0.25) is 0 Å². The molecule has 0 radical (unpaired) electrons. The van der Waals surface area contributed by atoms with E-state index in [0.717, 1.165) is 6.26 Å². The van der Waals surface area contributed by atoms with E-state index in [-0.39, 0.29) is 17.0 Å². The minimum absolute atomic E-state index is 0.00553. The van der Waals surface area contributed by atoms with Gasteiger partial charge in [-0.05, 0) is 12.1 Å². The lowest BCUT2D eigenvalue weighted by atomic mass is 10.2. The van der Waals surface area contributed by atoms with Gasteiger partial charge in [0.25, 0.3) is 0 Å². The lowest BCUT2D eigenvalue weighted by Gasteiger charge is -2.08. The molecule has 0 aromatic heterocycles. The van der Waals surface area contributed by atoms with Crippen LogP contribution < -0.4 is 5.48 Å². The minimum atomic E-state index is -3.42. The number of hydrogen-bond donors (Lipinski definition) is 1. The molecule has 0 amide bonds. The van der Waals surface area contributed by atoms with Crippen molar-refractivity contribution in [3.63, 3.8) is 0 Å². The Kier molecular flexibility index (Phi) is 3.78. The number of nitrogens with one attached hydrogen (secondary N) is 1. The van der Waals surface area contributed by atoms with Crippen molar-refractivity contribution >= 4 is 9.84 Å². The zero-order valence-electron chi connectivity index (χ0n) is 8.45. The summed E-state index contributed by atoms with van der Waals surface area (Å²) in [6.07, 6.45) is 1.04. The van der Waals surface area contributed by atoms with E-state index in [4.69, 9.17) is 0 Å². The van der Waals surface area contributed by atoms with Gasteiger partial charge in [0, 0.05) is 11.8 Å². The zero-order chi connectivity index (χ0) is 11.5. The summed E-state index contributed by atoms with van der Waals surface area (Å²) in [5.41, 5.74) is 2.50. The third kappa shape index (κ3) is 2.98. The molecule has 0 atom stereocenters. The molecule has 0 bridgehead atoms. The molecule has 0 saturated carbocycles. The number of halogens is 1. The Morgan fingerprint density at radius 1 is 1.47 bits per heavy atom. The molecule has 6 heteroatoms. The number of rotatable bonds is 4. The van der Waals surface area contributed by atoms with E-state index >= 15 is 0 Å². The van der Waals surface area contributed by atoms with Gasteiger partial charge in [-0.3, -0.25) is 0 Å². The van der Waals surface area contributed by atoms with E-state index in [1.165, 1.54) is 25.3 Å². The van der Waals surface area contributed by atoms with Crippen molar-refractivity contribution in [2.75, 3.05) is 13.4 Å². The van der Waals surface area contributed by atoms with Crippen LogP contribution in [-0.4, -0.2) is 21.8 Å². The van der Waals surface area contributed by atoms with Crippen molar-refractivity contribution in [1.82, 2.24) is 5.48 Å². The molecule has 1 aromatic carbocycles. The Balaban J connectivity index is 3.21. The molecule has 1 rings (SSSR count). The van der Waals surface area contributed by atoms with Crippen LogP contribution in [0.15, 0.2) is 23.1 Å². The van der Waals surface area contributed by atoms with Crippen LogP contribution in [-0.2, 0) is 21.2 Å². The Hall–Kier alpha value is -0.980. The van der Waals surface area contributed by atoms with Gasteiger partial charge in [0.05, 0.1) is 18.6 Å². The standard InChI is InChI=1S/C9H12FNO3S/c1-14-11-6-7-8(10)4-3-5-9(7)15(2,12)13/h3-5,11H,6H2,1-2H3. The molecular formula is C9H12FNO3S. The second-order valence-electron chi connectivity index (χ2n) is 3.01. The third-order valence-electron chi connectivity index (χ3n) is 1.87. The maximum Gasteiger partial charge on any atom is 0.175 e. The Labute approximate surface area is 87.9 Å². The van der Waals surface area contributed by atoms with Crippen molar-refractivity contribution in [2.45, 2.75) is 11.4 Å². The van der Waals surface area contributed by atoms with E-state index in [9.17, 15) is 12.8 Å². The molecule has 0 unspecified atom stereocenters. The molecular weight excluding hydrogens is 221 g/mol. The van der Waals surface area contributed by atoms with Crippen molar-refractivity contribution in [2.24, 2.45) is 0 Å². The summed E-state index contributed by atoms with van der Waals surface area (Å²) in [5, 5.41) is 0. The SMILES string of the molecule is CONCc1c(F)cccc1S(C)(=O)=O. The summed E-state index contributed by atoms with van der Waals surface area (Å²) >= 11 is 0. The van der Waals surface area contributed by atoms with Gasteiger partial charge in [0.1, 0.15) is 5.82 Å². The molecule has 4 nitrogen and oxygen atoms in total. The normalized spacial score (nSPS) is 11.7. The van der Waals surface area contributed by atoms with E-state index in [0.29, 0.717) is 0 Å². The highest BCUT2D eigenvalue weighted by molar-refractivity contribution is 7.90. The van der Waals surface area contributed by atoms with Crippen molar-refractivity contribution < 1.29 is 17.6 Å². The van der Waals surface area contributed by atoms with Gasteiger partial charge in [-0.15, -0.1) is 0 Å². The van der Waals surface area contributed by atoms with Crippen LogP contribution in [0, 0.1) is 5.82 Å².